The summed E-state index contributed by atoms with van der Waals surface area (Å²) < 4.78 is 11.6. The average Bonchev–Trinajstić information content (AvgIpc) is 2.80. The topological polar surface area (TPSA) is 92.8 Å². The summed E-state index contributed by atoms with van der Waals surface area (Å²) in [6, 6.07) is 18.9. The molecule has 3 aromatic carbocycles. The normalized spacial score (nSPS) is 14.7. The van der Waals surface area contributed by atoms with Crippen molar-refractivity contribution in [1.82, 2.24) is 4.98 Å². The highest BCUT2D eigenvalue weighted by atomic mass is 35.5. The van der Waals surface area contributed by atoms with E-state index in [1.165, 1.54) is 12.1 Å². The number of pyridine rings is 1. The molecule has 1 unspecified atom stereocenters. The largest absolute Gasteiger partial charge is 0.507 e. The molecule has 6 nitrogen and oxygen atoms in total. The van der Waals surface area contributed by atoms with Crippen LogP contribution in [0.1, 0.15) is 22.6 Å². The summed E-state index contributed by atoms with van der Waals surface area (Å²) >= 11 is 6.60. The first-order chi connectivity index (χ1) is 15.5. The van der Waals surface area contributed by atoms with Crippen LogP contribution in [0.3, 0.4) is 0 Å². The second kappa shape index (κ2) is 6.73. The predicted molar refractivity (Wildman–Crippen MR) is 120 cm³/mol. The maximum absolute atomic E-state index is 13.2. The number of aromatic hydroxyl groups is 2. The summed E-state index contributed by atoms with van der Waals surface area (Å²) in [7, 11) is 0. The van der Waals surface area contributed by atoms with E-state index in [4.69, 9.17) is 20.8 Å². The number of aromatic nitrogens is 1. The first kappa shape index (κ1) is 18.7. The molecule has 0 aliphatic carbocycles. The van der Waals surface area contributed by atoms with Crippen molar-refractivity contribution in [2.75, 3.05) is 0 Å². The van der Waals surface area contributed by atoms with Crippen molar-refractivity contribution in [1.29, 1.82) is 0 Å². The lowest BCUT2D eigenvalue weighted by Gasteiger charge is -2.29. The van der Waals surface area contributed by atoms with Crippen LogP contribution in [0.4, 0.5) is 0 Å². The van der Waals surface area contributed by atoms with Gasteiger partial charge in [-0.2, -0.15) is 0 Å². The fourth-order valence-corrected chi connectivity index (χ4v) is 4.58. The third-order valence-electron chi connectivity index (χ3n) is 5.75. The molecule has 0 spiro atoms. The van der Waals surface area contributed by atoms with Gasteiger partial charge in [-0.1, -0.05) is 41.9 Å². The van der Waals surface area contributed by atoms with E-state index in [1.54, 1.807) is 24.3 Å². The summed E-state index contributed by atoms with van der Waals surface area (Å²) in [5.41, 5.74) is 1.30. The number of phenolic OH excluding ortho intramolecular Hbond substituents is 2. The molecule has 0 amide bonds. The molecular formula is C25H14ClNO5. The highest BCUT2D eigenvalue weighted by Crippen LogP contribution is 2.55. The fraction of sp³-hybridized carbons (Fsp3) is 0.0400. The predicted octanol–water partition coefficient (Wildman–Crippen LogP) is 5.69. The van der Waals surface area contributed by atoms with Crippen molar-refractivity contribution in [3.8, 4) is 23.0 Å². The standard InChI is InChI=1S/C25H14ClNO5/c26-24-14(11-12-5-1-3-7-15(12)27-24)19-20-16(28)9-10-17(29)23(20)32-22-13-6-2-4-8-18(13)31-25(30)21(19)22/h1-11,19,28-29H. The van der Waals surface area contributed by atoms with Crippen LogP contribution in [-0.4, -0.2) is 15.2 Å². The Morgan fingerprint density at radius 2 is 1.62 bits per heavy atom. The molecule has 0 bridgehead atoms. The van der Waals surface area contributed by atoms with Crippen LogP contribution >= 0.6 is 11.6 Å². The molecular weight excluding hydrogens is 430 g/mol. The lowest BCUT2D eigenvalue weighted by atomic mass is 9.82. The SMILES string of the molecule is O=c1oc2ccccc2c2c1C(c1cc3ccccc3nc1Cl)c1c(O)ccc(O)c1O2. The summed E-state index contributed by atoms with van der Waals surface area (Å²) in [5.74, 6) is -0.880. The Kier molecular flexibility index (Phi) is 3.94. The molecule has 156 valence electrons. The molecule has 0 saturated heterocycles. The second-order valence-corrected chi connectivity index (χ2v) is 7.93. The van der Waals surface area contributed by atoms with E-state index in [-0.39, 0.29) is 39.3 Å². The Bertz CT molecular complexity index is 1630. The molecule has 0 fully saturated rings. The van der Waals surface area contributed by atoms with Gasteiger partial charge in [0.2, 0.25) is 0 Å². The number of ether oxygens (including phenoxy) is 1. The van der Waals surface area contributed by atoms with Crippen molar-refractivity contribution in [3.05, 3.63) is 99.0 Å². The summed E-state index contributed by atoms with van der Waals surface area (Å²) in [5, 5.41) is 22.9. The van der Waals surface area contributed by atoms with Crippen LogP contribution in [-0.2, 0) is 0 Å². The minimum atomic E-state index is -0.869. The van der Waals surface area contributed by atoms with E-state index in [1.807, 2.05) is 30.3 Å². The number of rotatable bonds is 1. The molecule has 3 heterocycles. The van der Waals surface area contributed by atoms with Gasteiger partial charge in [-0.05, 0) is 36.4 Å². The first-order valence-electron chi connectivity index (χ1n) is 9.86. The molecule has 0 saturated carbocycles. The van der Waals surface area contributed by atoms with Gasteiger partial charge in [-0.3, -0.25) is 0 Å². The van der Waals surface area contributed by atoms with Gasteiger partial charge in [0.25, 0.3) is 0 Å². The number of para-hydroxylation sites is 2. The molecule has 0 radical (unpaired) electrons. The minimum absolute atomic E-state index is 0.0579. The van der Waals surface area contributed by atoms with E-state index in [9.17, 15) is 15.0 Å². The molecule has 6 rings (SSSR count). The van der Waals surface area contributed by atoms with Crippen LogP contribution in [0, 0.1) is 0 Å². The van der Waals surface area contributed by atoms with Crippen LogP contribution in [0.2, 0.25) is 5.15 Å². The van der Waals surface area contributed by atoms with Gasteiger partial charge in [0, 0.05) is 10.9 Å². The molecule has 2 N–H and O–H groups in total. The smallest absolute Gasteiger partial charge is 0.344 e. The number of fused-ring (bicyclic) bond motifs is 5. The van der Waals surface area contributed by atoms with E-state index in [0.29, 0.717) is 22.0 Å². The van der Waals surface area contributed by atoms with Crippen LogP contribution in [0.25, 0.3) is 21.9 Å². The van der Waals surface area contributed by atoms with Crippen LogP contribution in [0.15, 0.2) is 75.9 Å². The number of hydrogen-bond donors (Lipinski definition) is 2. The Morgan fingerprint density at radius 3 is 2.50 bits per heavy atom. The minimum Gasteiger partial charge on any atom is -0.507 e. The zero-order chi connectivity index (χ0) is 22.0. The number of benzene rings is 3. The van der Waals surface area contributed by atoms with Gasteiger partial charge in [0.05, 0.1) is 27.9 Å². The summed E-state index contributed by atoms with van der Waals surface area (Å²) in [4.78, 5) is 17.7. The zero-order valence-electron chi connectivity index (χ0n) is 16.4. The molecule has 1 aliphatic heterocycles. The van der Waals surface area contributed by atoms with Gasteiger partial charge < -0.3 is 19.4 Å². The van der Waals surface area contributed by atoms with Crippen LogP contribution in [0.5, 0.6) is 23.0 Å². The zero-order valence-corrected chi connectivity index (χ0v) is 17.1. The summed E-state index contributed by atoms with van der Waals surface area (Å²) in [6.45, 7) is 0. The highest BCUT2D eigenvalue weighted by molar-refractivity contribution is 6.30. The average molecular weight is 444 g/mol. The summed E-state index contributed by atoms with van der Waals surface area (Å²) in [6.07, 6.45) is 0. The Morgan fingerprint density at radius 1 is 0.875 bits per heavy atom. The van der Waals surface area contributed by atoms with Gasteiger partial charge in [0.1, 0.15) is 22.2 Å². The van der Waals surface area contributed by atoms with Gasteiger partial charge in [-0.25, -0.2) is 9.78 Å². The van der Waals surface area contributed by atoms with Crippen molar-refractivity contribution in [3.63, 3.8) is 0 Å². The molecule has 1 atom stereocenters. The number of phenols is 2. The first-order valence-corrected chi connectivity index (χ1v) is 10.2. The van der Waals surface area contributed by atoms with Gasteiger partial charge in [-0.15, -0.1) is 0 Å². The van der Waals surface area contributed by atoms with Gasteiger partial charge >= 0.3 is 5.63 Å². The molecule has 7 heteroatoms. The second-order valence-electron chi connectivity index (χ2n) is 7.57. The van der Waals surface area contributed by atoms with Crippen molar-refractivity contribution >= 4 is 33.5 Å². The number of hydrogen-bond acceptors (Lipinski definition) is 6. The molecule has 5 aromatic rings. The molecule has 32 heavy (non-hydrogen) atoms. The highest BCUT2D eigenvalue weighted by Gasteiger charge is 2.38. The number of halogens is 1. The Labute approximate surface area is 185 Å². The van der Waals surface area contributed by atoms with Crippen molar-refractivity contribution in [2.45, 2.75) is 5.92 Å². The van der Waals surface area contributed by atoms with Crippen LogP contribution < -0.4 is 10.4 Å². The van der Waals surface area contributed by atoms with E-state index in [2.05, 4.69) is 4.98 Å². The quantitative estimate of drug-likeness (QED) is 0.192. The molecule has 1 aliphatic rings. The molecule has 2 aromatic heterocycles. The van der Waals surface area contributed by atoms with E-state index < -0.39 is 11.5 Å². The monoisotopic (exact) mass is 443 g/mol. The fourth-order valence-electron chi connectivity index (χ4n) is 4.33. The lowest BCUT2D eigenvalue weighted by Crippen LogP contribution is -2.21. The van der Waals surface area contributed by atoms with Crippen molar-refractivity contribution in [2.24, 2.45) is 0 Å². The third-order valence-corrected chi connectivity index (χ3v) is 6.05. The Balaban J connectivity index is 1.77. The number of nitrogens with zero attached hydrogens (tertiary/aromatic N) is 1. The van der Waals surface area contributed by atoms with E-state index >= 15 is 0 Å². The maximum atomic E-state index is 13.2. The lowest BCUT2D eigenvalue weighted by molar-refractivity contribution is 0.380. The Hall–Kier alpha value is -4.03. The third kappa shape index (κ3) is 2.60. The van der Waals surface area contributed by atoms with E-state index in [0.717, 1.165) is 5.39 Å². The van der Waals surface area contributed by atoms with Crippen molar-refractivity contribution < 1.29 is 19.4 Å². The maximum Gasteiger partial charge on any atom is 0.344 e. The van der Waals surface area contributed by atoms with Gasteiger partial charge in [0.15, 0.2) is 11.5 Å².